The molecule has 0 atom stereocenters. The Morgan fingerprint density at radius 2 is 0.810 bits per heavy atom. The van der Waals surface area contributed by atoms with Crippen molar-refractivity contribution in [2.45, 2.75) is 6.92 Å². The maximum atomic E-state index is 9.59. The van der Waals surface area contributed by atoms with Crippen LogP contribution in [0.15, 0.2) is 24.3 Å². The van der Waals surface area contributed by atoms with Gasteiger partial charge in [-0.15, -0.1) is 0 Å². The molecule has 0 aromatic carbocycles. The summed E-state index contributed by atoms with van der Waals surface area (Å²) in [5.74, 6) is -5.27. The van der Waals surface area contributed by atoms with Crippen molar-refractivity contribution < 1.29 is 49.1 Å². The number of hydrogen-bond acceptors (Lipinski definition) is 6. The number of aliphatic carboxylic acids is 4. The zero-order valence-electron chi connectivity index (χ0n) is 11.0. The van der Waals surface area contributed by atoms with Gasteiger partial charge in [0.25, 0.3) is 0 Å². The molecule has 0 saturated heterocycles. The quantitative estimate of drug-likeness (QED) is 0.395. The summed E-state index contributed by atoms with van der Waals surface area (Å²) in [5.41, 5.74) is 0. The summed E-state index contributed by atoms with van der Waals surface area (Å²) >= 11 is 0. The maximum absolute atomic E-state index is 9.59. The van der Waals surface area contributed by atoms with E-state index >= 15 is 0 Å². The van der Waals surface area contributed by atoms with Gasteiger partial charge in [-0.05, 0) is 0 Å². The van der Waals surface area contributed by atoms with Crippen molar-refractivity contribution in [1.82, 2.24) is 0 Å². The van der Waals surface area contributed by atoms with Crippen molar-refractivity contribution in [3.63, 3.8) is 0 Å². The molecule has 10 nitrogen and oxygen atoms in total. The average molecular weight is 306 g/mol. The van der Waals surface area contributed by atoms with Crippen molar-refractivity contribution in [3.05, 3.63) is 24.3 Å². The molecule has 118 valence electrons. The zero-order chi connectivity index (χ0) is 17.4. The summed E-state index contributed by atoms with van der Waals surface area (Å²) in [5, 5.41) is 31.2. The molecule has 0 saturated carbocycles. The van der Waals surface area contributed by atoms with Crippen LogP contribution in [0.3, 0.4) is 0 Å². The van der Waals surface area contributed by atoms with Gasteiger partial charge in [0.15, 0.2) is 0 Å². The minimum absolute atomic E-state index is 0.245. The second kappa shape index (κ2) is 14.9. The van der Waals surface area contributed by atoms with E-state index in [4.69, 9.17) is 20.4 Å². The van der Waals surface area contributed by atoms with Crippen LogP contribution < -0.4 is 0 Å². The summed E-state index contributed by atoms with van der Waals surface area (Å²) in [6.07, 6.45) is 2.23. The first kappa shape index (κ1) is 23.0. The van der Waals surface area contributed by atoms with E-state index in [-0.39, 0.29) is 5.97 Å². The van der Waals surface area contributed by atoms with Crippen molar-refractivity contribution in [1.29, 1.82) is 0 Å². The molecule has 0 aromatic rings. The number of carboxylic acid groups (broad SMARTS) is 4. The summed E-state index contributed by atoms with van der Waals surface area (Å²) in [4.78, 5) is 47.8. The first-order valence-corrected chi connectivity index (χ1v) is 4.85. The van der Waals surface area contributed by atoms with Crippen LogP contribution in [0.1, 0.15) is 6.92 Å². The molecule has 21 heavy (non-hydrogen) atoms. The Labute approximate surface area is 118 Å². The van der Waals surface area contributed by atoms with E-state index in [2.05, 4.69) is 4.74 Å². The lowest BCUT2D eigenvalue weighted by Gasteiger charge is -1.80. The first-order valence-electron chi connectivity index (χ1n) is 4.85. The standard InChI is InChI=1S/2C4H4O4.C3H6O2/c2*5-3(6)1-2-4(7)8;1-3(4)5-2/h2*1-2H,(H,5,6)(H,7,8);1-2H3. The number of ether oxygens (including phenoxy) is 1. The number of hydrogen-bond donors (Lipinski definition) is 4. The summed E-state index contributed by atoms with van der Waals surface area (Å²) in [7, 11) is 1.35. The Balaban J connectivity index is -0.000000239. The molecule has 0 bridgehead atoms. The average Bonchev–Trinajstić information content (AvgIpc) is 2.35. The van der Waals surface area contributed by atoms with Crippen molar-refractivity contribution in [2.24, 2.45) is 0 Å². The summed E-state index contributed by atoms with van der Waals surface area (Å²) in [6, 6.07) is 0. The topological polar surface area (TPSA) is 176 Å². The van der Waals surface area contributed by atoms with E-state index in [0.717, 1.165) is 0 Å². The molecule has 0 aliphatic carbocycles. The Hall–Kier alpha value is -3.17. The minimum Gasteiger partial charge on any atom is -0.478 e. The molecule has 0 aliphatic rings. The normalized spacial score (nSPS) is 8.86. The molecule has 0 radical (unpaired) electrons. The fourth-order valence-corrected chi connectivity index (χ4v) is 0.285. The van der Waals surface area contributed by atoms with Gasteiger partial charge in [-0.2, -0.15) is 0 Å². The fourth-order valence-electron chi connectivity index (χ4n) is 0.285. The number of carbonyl (C=O) groups is 5. The summed E-state index contributed by atoms with van der Waals surface area (Å²) in [6.45, 7) is 1.36. The van der Waals surface area contributed by atoms with Gasteiger partial charge in [0, 0.05) is 31.2 Å². The highest BCUT2D eigenvalue weighted by Crippen LogP contribution is 1.71. The second-order valence-corrected chi connectivity index (χ2v) is 2.72. The van der Waals surface area contributed by atoms with E-state index in [1.165, 1.54) is 14.0 Å². The van der Waals surface area contributed by atoms with Crippen LogP contribution in [0.4, 0.5) is 0 Å². The predicted octanol–water partition coefficient (Wildman–Crippen LogP) is -0.397. The molecule has 0 aromatic heterocycles. The van der Waals surface area contributed by atoms with E-state index in [1.807, 2.05) is 0 Å². The number of rotatable bonds is 4. The molecule has 0 fully saturated rings. The first-order chi connectivity index (χ1) is 9.52. The van der Waals surface area contributed by atoms with Gasteiger partial charge in [0.2, 0.25) is 0 Å². The highest BCUT2D eigenvalue weighted by molar-refractivity contribution is 5.90. The lowest BCUT2D eigenvalue weighted by molar-refractivity contribution is -0.138. The van der Waals surface area contributed by atoms with Crippen LogP contribution >= 0.6 is 0 Å². The van der Waals surface area contributed by atoms with Crippen LogP contribution in [-0.4, -0.2) is 57.4 Å². The van der Waals surface area contributed by atoms with Crippen LogP contribution in [0.5, 0.6) is 0 Å². The van der Waals surface area contributed by atoms with E-state index in [0.29, 0.717) is 24.3 Å². The fraction of sp³-hybridized carbons (Fsp3) is 0.182. The van der Waals surface area contributed by atoms with Gasteiger partial charge in [0.1, 0.15) is 0 Å². The lowest BCUT2D eigenvalue weighted by Crippen LogP contribution is -1.91. The number of esters is 1. The Kier molecular flexibility index (Phi) is 16.3. The van der Waals surface area contributed by atoms with Gasteiger partial charge in [-0.25, -0.2) is 19.2 Å². The van der Waals surface area contributed by atoms with E-state index in [9.17, 15) is 24.0 Å². The largest absolute Gasteiger partial charge is 0.478 e. The molecule has 0 heterocycles. The third-order valence-corrected chi connectivity index (χ3v) is 1.02. The maximum Gasteiger partial charge on any atom is 0.328 e. The third kappa shape index (κ3) is 47.5. The Morgan fingerprint density at radius 1 is 0.667 bits per heavy atom. The monoisotopic (exact) mass is 306 g/mol. The molecule has 0 rings (SSSR count). The van der Waals surface area contributed by atoms with Gasteiger partial charge in [-0.3, -0.25) is 4.79 Å². The number of carboxylic acids is 4. The molecule has 0 spiro atoms. The van der Waals surface area contributed by atoms with E-state index in [1.54, 1.807) is 0 Å². The van der Waals surface area contributed by atoms with Gasteiger partial charge < -0.3 is 25.2 Å². The van der Waals surface area contributed by atoms with Crippen molar-refractivity contribution >= 4 is 29.8 Å². The van der Waals surface area contributed by atoms with E-state index < -0.39 is 23.9 Å². The van der Waals surface area contributed by atoms with Crippen molar-refractivity contribution in [3.8, 4) is 0 Å². The Morgan fingerprint density at radius 3 is 0.857 bits per heavy atom. The third-order valence-electron chi connectivity index (χ3n) is 1.02. The van der Waals surface area contributed by atoms with Gasteiger partial charge >= 0.3 is 29.8 Å². The molecule has 4 N–H and O–H groups in total. The molecular weight excluding hydrogens is 292 g/mol. The van der Waals surface area contributed by atoms with Crippen LogP contribution in [-0.2, 0) is 28.7 Å². The highest BCUT2D eigenvalue weighted by Gasteiger charge is 1.88. The molecule has 0 aliphatic heterocycles. The minimum atomic E-state index is -1.26. The number of methoxy groups -OCH3 is 1. The van der Waals surface area contributed by atoms with Gasteiger partial charge in [0.05, 0.1) is 7.11 Å². The Bertz CT molecular complexity index is 366. The zero-order valence-corrected chi connectivity index (χ0v) is 11.0. The van der Waals surface area contributed by atoms with Gasteiger partial charge in [-0.1, -0.05) is 0 Å². The second-order valence-electron chi connectivity index (χ2n) is 2.72. The number of carbonyl (C=O) groups excluding carboxylic acids is 1. The van der Waals surface area contributed by atoms with Crippen LogP contribution in [0, 0.1) is 0 Å². The van der Waals surface area contributed by atoms with Crippen LogP contribution in [0.2, 0.25) is 0 Å². The SMILES string of the molecule is COC(C)=O.O=C(O)C=CC(=O)O.O=C(O)C=CC(=O)O. The van der Waals surface area contributed by atoms with Crippen LogP contribution in [0.25, 0.3) is 0 Å². The molecular formula is C11H14O10. The lowest BCUT2D eigenvalue weighted by atomic mass is 10.5. The molecule has 10 heteroatoms. The smallest absolute Gasteiger partial charge is 0.328 e. The highest BCUT2D eigenvalue weighted by atomic mass is 16.5. The summed E-state index contributed by atoms with van der Waals surface area (Å²) < 4.78 is 4.11. The molecule has 0 unspecified atom stereocenters. The molecule has 0 amide bonds. The van der Waals surface area contributed by atoms with Crippen molar-refractivity contribution in [2.75, 3.05) is 7.11 Å². The predicted molar refractivity (Wildman–Crippen MR) is 66.5 cm³/mol.